The second-order valence-electron chi connectivity index (χ2n) is 7.01. The van der Waals surface area contributed by atoms with Gasteiger partial charge in [0.15, 0.2) is 0 Å². The molecular formula is C17H27N5O3. The molecule has 2 aliphatic rings. The number of piperidine rings is 1. The van der Waals surface area contributed by atoms with Crippen LogP contribution >= 0.6 is 0 Å². The molecule has 8 heteroatoms. The standard InChI is InChI=1S/C17H27N5O3/c1-12-14(16(25)22-4-3-15(24)13(10-22)11-23)9-18-17(19-12)21-7-5-20(2)6-8-21/h9,13,15,23-24H,3-8,10-11H2,1-2H3/t13-,15-/m0/s1. The van der Waals surface area contributed by atoms with Gasteiger partial charge in [0, 0.05) is 51.4 Å². The van der Waals surface area contributed by atoms with Crippen molar-refractivity contribution < 1.29 is 15.0 Å². The summed E-state index contributed by atoms with van der Waals surface area (Å²) in [6, 6.07) is 0. The lowest BCUT2D eigenvalue weighted by Crippen LogP contribution is -2.47. The summed E-state index contributed by atoms with van der Waals surface area (Å²) >= 11 is 0. The number of aryl methyl sites for hydroxylation is 1. The first-order valence-electron chi connectivity index (χ1n) is 8.85. The van der Waals surface area contributed by atoms with Crippen LogP contribution in [0.2, 0.25) is 0 Å². The Labute approximate surface area is 148 Å². The fourth-order valence-electron chi connectivity index (χ4n) is 3.38. The fraction of sp³-hybridized carbons (Fsp3) is 0.706. The SMILES string of the molecule is Cc1nc(N2CCN(C)CC2)ncc1C(=O)N1CC[C@H](O)[C@H](CO)C1. The molecule has 2 fully saturated rings. The van der Waals surface area contributed by atoms with E-state index in [2.05, 4.69) is 26.8 Å². The number of aromatic nitrogens is 2. The molecule has 25 heavy (non-hydrogen) atoms. The van der Waals surface area contributed by atoms with Crippen molar-refractivity contribution >= 4 is 11.9 Å². The first-order valence-corrected chi connectivity index (χ1v) is 8.85. The van der Waals surface area contributed by atoms with Gasteiger partial charge >= 0.3 is 0 Å². The Morgan fingerprint density at radius 2 is 2.00 bits per heavy atom. The van der Waals surface area contributed by atoms with E-state index in [0.29, 0.717) is 36.7 Å². The van der Waals surface area contributed by atoms with E-state index in [1.165, 1.54) is 0 Å². The van der Waals surface area contributed by atoms with Gasteiger partial charge in [0.1, 0.15) is 0 Å². The van der Waals surface area contributed by atoms with E-state index >= 15 is 0 Å². The molecule has 2 atom stereocenters. The lowest BCUT2D eigenvalue weighted by molar-refractivity contribution is 0.00339. The van der Waals surface area contributed by atoms with Crippen LogP contribution in [-0.2, 0) is 0 Å². The smallest absolute Gasteiger partial charge is 0.257 e. The zero-order chi connectivity index (χ0) is 18.0. The highest BCUT2D eigenvalue weighted by atomic mass is 16.3. The van der Waals surface area contributed by atoms with Crippen molar-refractivity contribution in [2.75, 3.05) is 57.8 Å². The number of rotatable bonds is 3. The lowest BCUT2D eigenvalue weighted by atomic mass is 9.95. The van der Waals surface area contributed by atoms with Crippen LogP contribution in [0.4, 0.5) is 5.95 Å². The topological polar surface area (TPSA) is 93.0 Å². The van der Waals surface area contributed by atoms with Gasteiger partial charge in [-0.3, -0.25) is 4.79 Å². The highest BCUT2D eigenvalue weighted by Crippen LogP contribution is 2.20. The minimum atomic E-state index is -0.550. The van der Waals surface area contributed by atoms with Crippen LogP contribution in [0.3, 0.4) is 0 Å². The summed E-state index contributed by atoms with van der Waals surface area (Å²) in [6.07, 6.45) is 1.54. The van der Waals surface area contributed by atoms with E-state index in [9.17, 15) is 15.0 Å². The van der Waals surface area contributed by atoms with Crippen LogP contribution in [-0.4, -0.2) is 94.9 Å². The monoisotopic (exact) mass is 349 g/mol. The number of aliphatic hydroxyl groups is 2. The van der Waals surface area contributed by atoms with Crippen LogP contribution in [0.1, 0.15) is 22.5 Å². The lowest BCUT2D eigenvalue weighted by Gasteiger charge is -2.35. The molecule has 1 amide bonds. The van der Waals surface area contributed by atoms with Gasteiger partial charge in [-0.2, -0.15) is 0 Å². The summed E-state index contributed by atoms with van der Waals surface area (Å²) in [5.41, 5.74) is 1.16. The van der Waals surface area contributed by atoms with Crippen molar-refractivity contribution in [1.29, 1.82) is 0 Å². The van der Waals surface area contributed by atoms with Gasteiger partial charge in [0.05, 0.1) is 24.0 Å². The Hall–Kier alpha value is -1.77. The summed E-state index contributed by atoms with van der Waals surface area (Å²) in [5, 5.41) is 19.2. The van der Waals surface area contributed by atoms with Crippen LogP contribution in [0, 0.1) is 12.8 Å². The molecule has 2 saturated heterocycles. The molecule has 3 heterocycles. The maximum absolute atomic E-state index is 12.8. The number of anilines is 1. The Morgan fingerprint density at radius 3 is 2.64 bits per heavy atom. The number of aliphatic hydroxyl groups excluding tert-OH is 2. The predicted molar refractivity (Wildman–Crippen MR) is 93.6 cm³/mol. The van der Waals surface area contributed by atoms with Gasteiger partial charge in [-0.25, -0.2) is 9.97 Å². The summed E-state index contributed by atoms with van der Waals surface area (Å²) in [7, 11) is 2.10. The Bertz CT molecular complexity index is 618. The molecule has 1 aromatic rings. The number of hydrogen-bond donors (Lipinski definition) is 2. The second-order valence-corrected chi connectivity index (χ2v) is 7.01. The zero-order valence-electron chi connectivity index (χ0n) is 14.9. The van der Waals surface area contributed by atoms with E-state index in [0.717, 1.165) is 26.2 Å². The van der Waals surface area contributed by atoms with Gasteiger partial charge in [-0.05, 0) is 20.4 Å². The Kier molecular flexibility index (Phi) is 5.51. The van der Waals surface area contributed by atoms with Gasteiger partial charge in [-0.1, -0.05) is 0 Å². The van der Waals surface area contributed by atoms with Crippen molar-refractivity contribution in [3.8, 4) is 0 Å². The molecule has 2 aliphatic heterocycles. The van der Waals surface area contributed by atoms with E-state index in [1.807, 2.05) is 6.92 Å². The molecule has 0 bridgehead atoms. The summed E-state index contributed by atoms with van der Waals surface area (Å²) < 4.78 is 0. The minimum Gasteiger partial charge on any atom is -0.396 e. The number of piperazine rings is 1. The molecule has 0 saturated carbocycles. The summed E-state index contributed by atoms with van der Waals surface area (Å²) in [6.45, 7) is 6.26. The van der Waals surface area contributed by atoms with E-state index < -0.39 is 6.10 Å². The molecule has 1 aromatic heterocycles. The number of carbonyl (C=O) groups is 1. The number of likely N-dealkylation sites (N-methyl/N-ethyl adjacent to an activating group) is 1. The highest BCUT2D eigenvalue weighted by molar-refractivity contribution is 5.95. The van der Waals surface area contributed by atoms with Crippen LogP contribution in [0.25, 0.3) is 0 Å². The van der Waals surface area contributed by atoms with Gasteiger partial charge in [0.2, 0.25) is 5.95 Å². The summed E-state index contributed by atoms with van der Waals surface area (Å²) in [5.74, 6) is 0.251. The van der Waals surface area contributed by atoms with Crippen molar-refractivity contribution in [3.63, 3.8) is 0 Å². The molecule has 8 nitrogen and oxygen atoms in total. The molecule has 2 N–H and O–H groups in total. The van der Waals surface area contributed by atoms with E-state index in [1.54, 1.807) is 11.1 Å². The van der Waals surface area contributed by atoms with Gasteiger partial charge in [0.25, 0.3) is 5.91 Å². The Balaban J connectivity index is 1.71. The maximum atomic E-state index is 12.8. The van der Waals surface area contributed by atoms with Crippen molar-refractivity contribution in [2.24, 2.45) is 5.92 Å². The third-order valence-electron chi connectivity index (χ3n) is 5.20. The second kappa shape index (κ2) is 7.63. The number of carbonyl (C=O) groups excluding carboxylic acids is 1. The van der Waals surface area contributed by atoms with E-state index in [-0.39, 0.29) is 18.4 Å². The van der Waals surface area contributed by atoms with E-state index in [4.69, 9.17) is 0 Å². The van der Waals surface area contributed by atoms with Crippen LogP contribution in [0.15, 0.2) is 6.20 Å². The van der Waals surface area contributed by atoms with Crippen molar-refractivity contribution in [1.82, 2.24) is 19.8 Å². The zero-order valence-corrected chi connectivity index (χ0v) is 14.9. The largest absolute Gasteiger partial charge is 0.396 e. The van der Waals surface area contributed by atoms with Crippen LogP contribution in [0.5, 0.6) is 0 Å². The normalized spacial score (nSPS) is 25.3. The maximum Gasteiger partial charge on any atom is 0.257 e. The third kappa shape index (κ3) is 3.91. The number of amides is 1. The minimum absolute atomic E-state index is 0.122. The molecular weight excluding hydrogens is 322 g/mol. The quantitative estimate of drug-likeness (QED) is 0.749. The summed E-state index contributed by atoms with van der Waals surface area (Å²) in [4.78, 5) is 27.8. The first-order chi connectivity index (χ1) is 12.0. The van der Waals surface area contributed by atoms with Gasteiger partial charge < -0.3 is 24.9 Å². The molecule has 3 rings (SSSR count). The average molecular weight is 349 g/mol. The third-order valence-corrected chi connectivity index (χ3v) is 5.20. The molecule has 0 aliphatic carbocycles. The molecule has 0 spiro atoms. The predicted octanol–water partition coefficient (Wildman–Crippen LogP) is -0.648. The van der Waals surface area contributed by atoms with Crippen LogP contribution < -0.4 is 4.90 Å². The molecule has 138 valence electrons. The first kappa shape index (κ1) is 18.0. The molecule has 0 aromatic carbocycles. The molecule has 0 unspecified atom stereocenters. The molecule has 0 radical (unpaired) electrons. The van der Waals surface area contributed by atoms with Crippen molar-refractivity contribution in [3.05, 3.63) is 17.5 Å². The fourth-order valence-corrected chi connectivity index (χ4v) is 3.38. The average Bonchev–Trinajstić information content (AvgIpc) is 2.62. The number of hydrogen-bond acceptors (Lipinski definition) is 7. The number of nitrogens with zero attached hydrogens (tertiary/aromatic N) is 5. The van der Waals surface area contributed by atoms with Gasteiger partial charge in [-0.15, -0.1) is 0 Å². The van der Waals surface area contributed by atoms with Crippen molar-refractivity contribution in [2.45, 2.75) is 19.4 Å². The highest BCUT2D eigenvalue weighted by Gasteiger charge is 2.31. The Morgan fingerprint density at radius 1 is 1.28 bits per heavy atom. The number of likely N-dealkylation sites (tertiary alicyclic amines) is 1.